The molecule has 2 aliphatic rings. The lowest BCUT2D eigenvalue weighted by molar-refractivity contribution is 0.0986. The fourth-order valence-corrected chi connectivity index (χ4v) is 6.27. The lowest BCUT2D eigenvalue weighted by atomic mass is 10.2. The molecule has 2 amide bonds. The molecule has 6 heterocycles. The summed E-state index contributed by atoms with van der Waals surface area (Å²) in [6, 6.07) is 23.2. The molecule has 312 valence electrons. The van der Waals surface area contributed by atoms with Crippen molar-refractivity contribution in [2.24, 2.45) is 5.73 Å². The summed E-state index contributed by atoms with van der Waals surface area (Å²) in [5, 5.41) is 31.0. The van der Waals surface area contributed by atoms with Gasteiger partial charge in [0, 0.05) is 61.1 Å². The number of rotatable bonds is 8. The summed E-state index contributed by atoms with van der Waals surface area (Å²) in [5.74, 6) is 3.15. The molecule has 8 rings (SSSR count). The summed E-state index contributed by atoms with van der Waals surface area (Å²) in [4.78, 5) is 26.0. The third-order valence-electron chi connectivity index (χ3n) is 9.12. The Morgan fingerprint density at radius 3 is 1.66 bits per heavy atom. The molecule has 2 aliphatic heterocycles. The molecule has 58 heavy (non-hydrogen) atoms. The quantitative estimate of drug-likeness (QED) is 0.119. The van der Waals surface area contributed by atoms with Crippen LogP contribution in [0, 0.1) is 0 Å². The molecule has 17 nitrogen and oxygen atoms in total. The van der Waals surface area contributed by atoms with Crippen LogP contribution in [-0.2, 0) is 9.47 Å². The second-order valence-electron chi connectivity index (χ2n) is 13.2. The Balaban J connectivity index is 0.000000232. The highest BCUT2D eigenvalue weighted by molar-refractivity contribution is 5.89. The topological polar surface area (TPSA) is 219 Å². The SMILES string of the molecule is C.C.C[C@@H]1COCCN1c1nc(-c2ccc(N)cc2)nn2cccc12.C[C@@H]1COCCN1c1nc(-c2ccc(NC(=O)NCCO)cc2)nn2cccc12.NCCO. The van der Waals surface area contributed by atoms with E-state index in [9.17, 15) is 4.79 Å². The monoisotopic (exact) mass is 798 g/mol. The van der Waals surface area contributed by atoms with Crippen molar-refractivity contribution in [2.75, 3.05) is 86.7 Å². The van der Waals surface area contributed by atoms with E-state index in [-0.39, 0.29) is 52.7 Å². The first-order valence-electron chi connectivity index (χ1n) is 18.6. The van der Waals surface area contributed by atoms with Crippen molar-refractivity contribution < 1.29 is 24.5 Å². The molecule has 0 spiro atoms. The van der Waals surface area contributed by atoms with E-state index in [1.807, 2.05) is 82.1 Å². The molecule has 0 bridgehead atoms. The van der Waals surface area contributed by atoms with Gasteiger partial charge in [-0.3, -0.25) is 0 Å². The summed E-state index contributed by atoms with van der Waals surface area (Å²) in [6.07, 6.45) is 3.86. The largest absolute Gasteiger partial charge is 0.399 e. The van der Waals surface area contributed by atoms with Crippen LogP contribution in [0.1, 0.15) is 28.7 Å². The zero-order valence-electron chi connectivity index (χ0n) is 31.7. The molecule has 2 saturated heterocycles. The number of fused-ring (bicyclic) bond motifs is 2. The second-order valence-corrected chi connectivity index (χ2v) is 13.2. The summed E-state index contributed by atoms with van der Waals surface area (Å²) < 4.78 is 14.8. The summed E-state index contributed by atoms with van der Waals surface area (Å²) in [5.41, 5.74) is 15.7. The molecule has 0 saturated carbocycles. The Morgan fingerprint density at radius 2 is 1.22 bits per heavy atom. The number of nitrogens with one attached hydrogen (secondary N) is 2. The van der Waals surface area contributed by atoms with Gasteiger partial charge in [-0.15, -0.1) is 10.2 Å². The number of urea groups is 1. The van der Waals surface area contributed by atoms with E-state index in [4.69, 9.17) is 41.1 Å². The molecule has 4 aromatic heterocycles. The van der Waals surface area contributed by atoms with Crippen molar-refractivity contribution in [3.8, 4) is 22.8 Å². The number of nitrogens with zero attached hydrogens (tertiary/aromatic N) is 8. The molecule has 0 unspecified atom stereocenters. The lowest BCUT2D eigenvalue weighted by Crippen LogP contribution is -2.44. The number of benzene rings is 2. The molecule has 6 aromatic rings. The molecule has 2 fully saturated rings. The maximum atomic E-state index is 11.7. The number of aromatic nitrogens is 6. The molecule has 17 heteroatoms. The molecular formula is C41H58N12O5. The van der Waals surface area contributed by atoms with Gasteiger partial charge in [-0.1, -0.05) is 14.9 Å². The van der Waals surface area contributed by atoms with E-state index in [0.717, 1.165) is 59.2 Å². The predicted octanol–water partition coefficient (Wildman–Crippen LogP) is 4.15. The van der Waals surface area contributed by atoms with Crippen molar-refractivity contribution in [2.45, 2.75) is 40.8 Å². The van der Waals surface area contributed by atoms with E-state index >= 15 is 0 Å². The molecular weight excluding hydrogens is 741 g/mol. The number of hydrogen-bond acceptors (Lipinski definition) is 13. The highest BCUT2D eigenvalue weighted by Gasteiger charge is 2.25. The number of aliphatic hydroxyl groups is 2. The predicted molar refractivity (Wildman–Crippen MR) is 230 cm³/mol. The smallest absolute Gasteiger partial charge is 0.319 e. The van der Waals surface area contributed by atoms with Crippen LogP contribution < -0.4 is 31.9 Å². The maximum absolute atomic E-state index is 11.7. The molecule has 0 aliphatic carbocycles. The van der Waals surface area contributed by atoms with Crippen molar-refractivity contribution in [1.82, 2.24) is 34.5 Å². The summed E-state index contributed by atoms with van der Waals surface area (Å²) in [7, 11) is 0. The first-order valence-corrected chi connectivity index (χ1v) is 18.6. The van der Waals surface area contributed by atoms with Gasteiger partial charge >= 0.3 is 6.03 Å². The minimum absolute atomic E-state index is 0. The number of amides is 2. The Morgan fingerprint density at radius 1 is 0.759 bits per heavy atom. The fraction of sp³-hybridized carbons (Fsp3) is 0.390. The number of aliphatic hydroxyl groups excluding tert-OH is 2. The van der Waals surface area contributed by atoms with Gasteiger partial charge in [0.2, 0.25) is 0 Å². The second kappa shape index (κ2) is 21.6. The number of carbonyl (C=O) groups is 1. The standard InChI is InChI=1S/C20H24N6O3.C17H19N5O.C2H7NO.2CH4/c1-14-13-29-12-10-25(14)19-17-3-2-9-26(17)24-18(23-19)15-4-6-16(7-5-15)22-20(28)21-8-11-27;1-12-11-23-10-9-21(12)17-15-3-2-8-22(15)20-16(19-17)13-4-6-14(18)7-5-13;3-1-2-4;;/h2-7,9,14,27H,8,10-13H2,1H3,(H2,21,22,28);2-8,12H,9-11,18H2,1H3;4H,1-3H2;2*1H4/t14-;12-;;;/m11.../s1. The normalized spacial score (nSPS) is 16.2. The van der Waals surface area contributed by atoms with Gasteiger partial charge in [-0.05, 0) is 86.6 Å². The van der Waals surface area contributed by atoms with Crippen LogP contribution >= 0.6 is 0 Å². The van der Waals surface area contributed by atoms with Gasteiger partial charge < -0.3 is 51.6 Å². The van der Waals surface area contributed by atoms with Crippen LogP contribution in [0.3, 0.4) is 0 Å². The summed E-state index contributed by atoms with van der Waals surface area (Å²) >= 11 is 0. The Bertz CT molecular complexity index is 2160. The third-order valence-corrected chi connectivity index (χ3v) is 9.12. The number of morpholine rings is 2. The van der Waals surface area contributed by atoms with E-state index in [1.165, 1.54) is 0 Å². The molecule has 0 radical (unpaired) electrons. The van der Waals surface area contributed by atoms with Crippen molar-refractivity contribution in [1.29, 1.82) is 0 Å². The molecule has 8 N–H and O–H groups in total. The van der Waals surface area contributed by atoms with Crippen LogP contribution in [0.4, 0.5) is 27.8 Å². The first kappa shape index (κ1) is 44.9. The number of nitrogen functional groups attached to an aromatic ring is 1. The zero-order chi connectivity index (χ0) is 39.4. The van der Waals surface area contributed by atoms with Crippen LogP contribution in [0.5, 0.6) is 0 Å². The lowest BCUT2D eigenvalue weighted by Gasteiger charge is -2.34. The van der Waals surface area contributed by atoms with E-state index in [2.05, 4.69) is 44.5 Å². The number of ether oxygens (including phenoxy) is 2. The molecule has 2 atom stereocenters. The van der Waals surface area contributed by atoms with Gasteiger partial charge in [0.1, 0.15) is 11.0 Å². The van der Waals surface area contributed by atoms with Gasteiger partial charge in [0.25, 0.3) is 0 Å². The number of carbonyl (C=O) groups excluding carboxylic acids is 1. The average Bonchev–Trinajstić information content (AvgIpc) is 3.91. The van der Waals surface area contributed by atoms with Crippen molar-refractivity contribution >= 4 is 40.1 Å². The van der Waals surface area contributed by atoms with Gasteiger partial charge in [0.05, 0.1) is 51.7 Å². The van der Waals surface area contributed by atoms with Gasteiger partial charge in [-0.2, -0.15) is 0 Å². The zero-order valence-corrected chi connectivity index (χ0v) is 31.7. The Kier molecular flexibility index (Phi) is 16.7. The number of nitrogens with two attached hydrogens (primary N) is 2. The van der Waals surface area contributed by atoms with Crippen LogP contribution in [0.15, 0.2) is 85.2 Å². The Labute approximate surface area is 339 Å². The molecule has 2 aromatic carbocycles. The van der Waals surface area contributed by atoms with Crippen molar-refractivity contribution in [3.05, 3.63) is 85.2 Å². The number of hydrogen-bond donors (Lipinski definition) is 6. The van der Waals surface area contributed by atoms with Gasteiger partial charge in [-0.25, -0.2) is 23.8 Å². The van der Waals surface area contributed by atoms with Crippen LogP contribution in [0.25, 0.3) is 33.8 Å². The average molecular weight is 799 g/mol. The Hall–Kier alpha value is -5.85. The van der Waals surface area contributed by atoms with Crippen LogP contribution in [0.2, 0.25) is 0 Å². The first-order chi connectivity index (χ1) is 27.3. The fourth-order valence-electron chi connectivity index (χ4n) is 6.27. The van der Waals surface area contributed by atoms with Gasteiger partial charge in [0.15, 0.2) is 23.3 Å². The highest BCUT2D eigenvalue weighted by Crippen LogP contribution is 2.28. The van der Waals surface area contributed by atoms with E-state index in [1.54, 1.807) is 12.1 Å². The highest BCUT2D eigenvalue weighted by atomic mass is 16.5. The van der Waals surface area contributed by atoms with E-state index < -0.39 is 0 Å². The third kappa shape index (κ3) is 11.0. The van der Waals surface area contributed by atoms with Crippen molar-refractivity contribution in [3.63, 3.8) is 0 Å². The van der Waals surface area contributed by atoms with E-state index in [0.29, 0.717) is 43.7 Å². The number of anilines is 4. The van der Waals surface area contributed by atoms with Crippen LogP contribution in [-0.4, -0.2) is 123 Å². The minimum atomic E-state index is -0.361. The minimum Gasteiger partial charge on any atom is -0.399 e. The maximum Gasteiger partial charge on any atom is 0.319 e. The summed E-state index contributed by atoms with van der Waals surface area (Å²) in [6.45, 7) is 9.26.